The van der Waals surface area contributed by atoms with Crippen molar-refractivity contribution in [2.24, 2.45) is 0 Å². The van der Waals surface area contributed by atoms with Crippen LogP contribution in [0.15, 0.2) is 16.7 Å². The van der Waals surface area contributed by atoms with Gasteiger partial charge in [-0.2, -0.15) is 0 Å². The molecule has 1 aliphatic rings. The highest BCUT2D eigenvalue weighted by Crippen LogP contribution is 2.21. The molecule has 0 bridgehead atoms. The topological polar surface area (TPSA) is 71.6 Å². The number of rotatable bonds is 4. The van der Waals surface area contributed by atoms with E-state index in [1.54, 1.807) is 6.92 Å². The molecule has 3 heterocycles. The molecule has 7 heteroatoms. The van der Waals surface area contributed by atoms with Gasteiger partial charge in [-0.25, -0.2) is 0 Å². The lowest BCUT2D eigenvalue weighted by Crippen LogP contribution is -2.49. The molecule has 1 amide bonds. The Kier molecular flexibility index (Phi) is 4.76. The Morgan fingerprint density at radius 1 is 1.12 bits per heavy atom. The molecule has 0 radical (unpaired) electrons. The lowest BCUT2D eigenvalue weighted by atomic mass is 10.1. The van der Waals surface area contributed by atoms with Crippen LogP contribution < -0.4 is 0 Å². The number of amides is 1. The summed E-state index contributed by atoms with van der Waals surface area (Å²) in [7, 11) is 0. The maximum absolute atomic E-state index is 12.8. The first-order valence-electron chi connectivity index (χ1n) is 8.50. The Bertz CT molecular complexity index is 797. The van der Waals surface area contributed by atoms with E-state index in [0.29, 0.717) is 31.0 Å². The van der Waals surface area contributed by atoms with E-state index in [0.717, 1.165) is 30.2 Å². The predicted octanol–water partition coefficient (Wildman–Crippen LogP) is 1.74. The van der Waals surface area contributed by atoms with Gasteiger partial charge in [-0.3, -0.25) is 19.1 Å². The van der Waals surface area contributed by atoms with Gasteiger partial charge in [-0.1, -0.05) is 5.16 Å². The highest BCUT2D eigenvalue weighted by Gasteiger charge is 2.23. The molecule has 2 aromatic heterocycles. The van der Waals surface area contributed by atoms with Crippen molar-refractivity contribution < 1.29 is 14.1 Å². The van der Waals surface area contributed by atoms with Crippen molar-refractivity contribution in [2.75, 3.05) is 32.7 Å². The second-order valence-electron chi connectivity index (χ2n) is 6.62. The minimum Gasteiger partial charge on any atom is -0.360 e. The van der Waals surface area contributed by atoms with E-state index < -0.39 is 0 Å². The minimum atomic E-state index is 0.0934. The van der Waals surface area contributed by atoms with E-state index in [1.807, 2.05) is 42.4 Å². The first kappa shape index (κ1) is 17.4. The maximum atomic E-state index is 12.8. The van der Waals surface area contributed by atoms with Gasteiger partial charge in [0.05, 0.1) is 6.54 Å². The molecule has 2 aromatic rings. The molecular formula is C18H24N4O3. The second-order valence-corrected chi connectivity index (χ2v) is 6.62. The quantitative estimate of drug-likeness (QED) is 0.790. The number of ketones is 1. The molecule has 1 aliphatic heterocycles. The van der Waals surface area contributed by atoms with Crippen molar-refractivity contribution >= 4 is 11.7 Å². The van der Waals surface area contributed by atoms with Crippen molar-refractivity contribution in [3.05, 3.63) is 34.8 Å². The first-order valence-corrected chi connectivity index (χ1v) is 8.50. The van der Waals surface area contributed by atoms with Crippen molar-refractivity contribution in [2.45, 2.75) is 27.7 Å². The molecule has 3 rings (SSSR count). The summed E-state index contributed by atoms with van der Waals surface area (Å²) in [6.07, 6.45) is 0. The molecule has 25 heavy (non-hydrogen) atoms. The molecule has 0 aromatic carbocycles. The Balaban J connectivity index is 1.72. The Labute approximate surface area is 147 Å². The van der Waals surface area contributed by atoms with Crippen molar-refractivity contribution in [3.63, 3.8) is 0 Å². The smallest absolute Gasteiger partial charge is 0.219 e. The standard InChI is InChI=1S/C18H24N4O3/c1-12-9-16(14(3)22(12)18-10-13(2)25-19-18)17(24)11-20-5-7-21(8-6-20)15(4)23/h9-10H,5-8,11H2,1-4H3. The zero-order valence-corrected chi connectivity index (χ0v) is 15.2. The van der Waals surface area contributed by atoms with Crippen molar-refractivity contribution in [3.8, 4) is 5.82 Å². The normalized spacial score (nSPS) is 15.6. The van der Waals surface area contributed by atoms with E-state index in [4.69, 9.17) is 4.52 Å². The van der Waals surface area contributed by atoms with Crippen LogP contribution in [0.25, 0.3) is 5.82 Å². The Hall–Kier alpha value is -2.41. The number of piperazine rings is 1. The molecule has 7 nitrogen and oxygen atoms in total. The SMILES string of the molecule is CC(=O)N1CCN(CC(=O)c2cc(C)n(-c3cc(C)on3)c2C)CC1. The molecule has 0 saturated carbocycles. The van der Waals surface area contributed by atoms with Crippen LogP contribution in [0.1, 0.15) is 34.4 Å². The third kappa shape index (κ3) is 3.51. The third-order valence-corrected chi connectivity index (χ3v) is 4.76. The van der Waals surface area contributed by atoms with Crippen LogP contribution in [0.3, 0.4) is 0 Å². The van der Waals surface area contributed by atoms with Gasteiger partial charge in [-0.15, -0.1) is 0 Å². The average Bonchev–Trinajstić information content (AvgIpc) is 3.11. The minimum absolute atomic E-state index is 0.0934. The fourth-order valence-corrected chi connectivity index (χ4v) is 3.37. The van der Waals surface area contributed by atoms with Crippen molar-refractivity contribution in [1.82, 2.24) is 19.5 Å². The van der Waals surface area contributed by atoms with Gasteiger partial charge in [0.2, 0.25) is 5.91 Å². The summed E-state index contributed by atoms with van der Waals surface area (Å²) in [5.74, 6) is 1.62. The summed E-state index contributed by atoms with van der Waals surface area (Å²) >= 11 is 0. The molecule has 0 aliphatic carbocycles. The zero-order valence-electron chi connectivity index (χ0n) is 15.2. The van der Waals surface area contributed by atoms with Crippen LogP contribution in [0, 0.1) is 20.8 Å². The number of carbonyl (C=O) groups is 2. The number of Topliss-reactive ketones (excluding diaryl/α,β-unsaturated/α-hetero) is 1. The van der Waals surface area contributed by atoms with E-state index in [1.165, 1.54) is 0 Å². The number of aromatic nitrogens is 2. The van der Waals surface area contributed by atoms with E-state index in [-0.39, 0.29) is 11.7 Å². The number of aryl methyl sites for hydroxylation is 2. The van der Waals surface area contributed by atoms with Gasteiger partial charge in [0.25, 0.3) is 0 Å². The van der Waals surface area contributed by atoms with Crippen LogP contribution in [-0.4, -0.2) is 63.9 Å². The van der Waals surface area contributed by atoms with Gasteiger partial charge in [-0.05, 0) is 26.8 Å². The molecular weight excluding hydrogens is 320 g/mol. The van der Waals surface area contributed by atoms with Crippen LogP contribution in [0.5, 0.6) is 0 Å². The van der Waals surface area contributed by atoms with Crippen LogP contribution in [-0.2, 0) is 4.79 Å². The largest absolute Gasteiger partial charge is 0.360 e. The van der Waals surface area contributed by atoms with Crippen LogP contribution in [0.4, 0.5) is 0 Å². The van der Waals surface area contributed by atoms with E-state index in [2.05, 4.69) is 10.1 Å². The molecule has 0 spiro atoms. The fraction of sp³-hybridized carbons (Fsp3) is 0.500. The second kappa shape index (κ2) is 6.84. The maximum Gasteiger partial charge on any atom is 0.219 e. The summed E-state index contributed by atoms with van der Waals surface area (Å²) in [4.78, 5) is 28.1. The highest BCUT2D eigenvalue weighted by molar-refractivity contribution is 5.99. The van der Waals surface area contributed by atoms with Crippen molar-refractivity contribution in [1.29, 1.82) is 0 Å². The van der Waals surface area contributed by atoms with Crippen LogP contribution >= 0.6 is 0 Å². The molecule has 0 N–H and O–H groups in total. The first-order chi connectivity index (χ1) is 11.9. The van der Waals surface area contributed by atoms with Gasteiger partial charge in [0.1, 0.15) is 5.76 Å². The fourth-order valence-electron chi connectivity index (χ4n) is 3.37. The molecule has 0 unspecified atom stereocenters. The zero-order chi connectivity index (χ0) is 18.1. The van der Waals surface area contributed by atoms with E-state index in [9.17, 15) is 9.59 Å². The van der Waals surface area contributed by atoms with Gasteiger partial charge >= 0.3 is 0 Å². The predicted molar refractivity (Wildman–Crippen MR) is 93.1 cm³/mol. The summed E-state index contributed by atoms with van der Waals surface area (Å²) < 4.78 is 7.10. The lowest BCUT2D eigenvalue weighted by molar-refractivity contribution is -0.130. The average molecular weight is 344 g/mol. The summed E-state index contributed by atoms with van der Waals surface area (Å²) in [6.45, 7) is 10.5. The van der Waals surface area contributed by atoms with Crippen LogP contribution in [0.2, 0.25) is 0 Å². The van der Waals surface area contributed by atoms with Gasteiger partial charge in [0.15, 0.2) is 11.6 Å². The molecule has 134 valence electrons. The summed E-state index contributed by atoms with van der Waals surface area (Å²) in [6, 6.07) is 3.77. The molecule has 0 atom stereocenters. The Morgan fingerprint density at radius 2 is 1.80 bits per heavy atom. The third-order valence-electron chi connectivity index (χ3n) is 4.76. The number of hydrogen-bond donors (Lipinski definition) is 0. The van der Waals surface area contributed by atoms with Gasteiger partial charge < -0.3 is 9.42 Å². The summed E-state index contributed by atoms with van der Waals surface area (Å²) in [5, 5.41) is 4.05. The highest BCUT2D eigenvalue weighted by atomic mass is 16.5. The van der Waals surface area contributed by atoms with E-state index >= 15 is 0 Å². The Morgan fingerprint density at radius 3 is 2.36 bits per heavy atom. The van der Waals surface area contributed by atoms with Gasteiger partial charge in [0, 0.05) is 56.1 Å². The molecule has 1 fully saturated rings. The number of hydrogen-bond acceptors (Lipinski definition) is 5. The number of carbonyl (C=O) groups excluding carboxylic acids is 2. The number of nitrogens with zero attached hydrogens (tertiary/aromatic N) is 4. The monoisotopic (exact) mass is 344 g/mol. The lowest BCUT2D eigenvalue weighted by Gasteiger charge is -2.33. The molecule has 1 saturated heterocycles. The summed E-state index contributed by atoms with van der Waals surface area (Å²) in [5.41, 5.74) is 2.54.